The third kappa shape index (κ3) is 6.35. The van der Waals surface area contributed by atoms with Gasteiger partial charge in [-0.3, -0.25) is 0 Å². The molecule has 3 rings (SSSR count). The van der Waals surface area contributed by atoms with Crippen LogP contribution in [0.3, 0.4) is 0 Å². The zero-order chi connectivity index (χ0) is 27.8. The zero-order valence-corrected chi connectivity index (χ0v) is 22.9. The van der Waals surface area contributed by atoms with Gasteiger partial charge in [-0.15, -0.1) is 5.10 Å². The molecular formula is C25H28Cl2N4O7. The molecule has 0 radical (unpaired) electrons. The summed E-state index contributed by atoms with van der Waals surface area (Å²) < 4.78 is 22.6. The lowest BCUT2D eigenvalue weighted by molar-refractivity contribution is -0.139. The molecule has 1 aromatic heterocycles. The minimum Gasteiger partial charge on any atom is -0.466 e. The van der Waals surface area contributed by atoms with Gasteiger partial charge in [0.2, 0.25) is 0 Å². The Bertz CT molecular complexity index is 1270. The molecule has 38 heavy (non-hydrogen) atoms. The molecule has 0 amide bonds. The number of hydrogen-bond donors (Lipinski definition) is 1. The lowest BCUT2D eigenvalue weighted by atomic mass is 9.80. The standard InChI is InChI=1S/C25H28Cl2N4O7/c1-5-37-23(32)18-12-28-30-31(18)10-11-36-13-17-21(25(34)38-6-2)20(15-8-7-9-16(26)22(15)27)19(14(3)29-17)24(33)35-4/h7-9,12,20,29H,5-6,10-11,13H2,1-4H3. The summed E-state index contributed by atoms with van der Waals surface area (Å²) in [6, 6.07) is 4.96. The van der Waals surface area contributed by atoms with Crippen molar-refractivity contribution >= 4 is 41.1 Å². The number of carbonyl (C=O) groups excluding carboxylic acids is 3. The van der Waals surface area contributed by atoms with Crippen LogP contribution in [0.25, 0.3) is 0 Å². The number of esters is 3. The molecule has 11 nitrogen and oxygen atoms in total. The molecule has 2 aromatic rings. The van der Waals surface area contributed by atoms with Crippen molar-refractivity contribution in [1.29, 1.82) is 0 Å². The van der Waals surface area contributed by atoms with Crippen molar-refractivity contribution in [1.82, 2.24) is 20.3 Å². The molecular weight excluding hydrogens is 539 g/mol. The smallest absolute Gasteiger partial charge is 0.358 e. The number of methoxy groups -OCH3 is 1. The third-order valence-electron chi connectivity index (χ3n) is 5.63. The van der Waals surface area contributed by atoms with Crippen LogP contribution >= 0.6 is 23.2 Å². The Balaban J connectivity index is 1.95. The zero-order valence-electron chi connectivity index (χ0n) is 21.4. The van der Waals surface area contributed by atoms with Crippen LogP contribution in [0.15, 0.2) is 46.9 Å². The maximum absolute atomic E-state index is 13.3. The minimum absolute atomic E-state index is 0.0575. The van der Waals surface area contributed by atoms with Crippen LogP contribution in [-0.2, 0) is 35.1 Å². The minimum atomic E-state index is -0.932. The maximum atomic E-state index is 13.3. The monoisotopic (exact) mass is 566 g/mol. The second kappa shape index (κ2) is 13.4. The Morgan fingerprint density at radius 2 is 1.76 bits per heavy atom. The molecule has 0 saturated heterocycles. The van der Waals surface area contributed by atoms with Crippen molar-refractivity contribution in [3.05, 3.63) is 68.2 Å². The fourth-order valence-corrected chi connectivity index (χ4v) is 4.42. The fraction of sp³-hybridized carbons (Fsp3) is 0.400. The number of halogens is 2. The predicted molar refractivity (Wildman–Crippen MR) is 138 cm³/mol. The number of benzene rings is 1. The van der Waals surface area contributed by atoms with Crippen molar-refractivity contribution in [3.8, 4) is 0 Å². The number of nitrogens with one attached hydrogen (secondary N) is 1. The number of hydrogen-bond acceptors (Lipinski definition) is 10. The van der Waals surface area contributed by atoms with Crippen molar-refractivity contribution in [2.75, 3.05) is 33.5 Å². The van der Waals surface area contributed by atoms with Crippen LogP contribution in [-0.4, -0.2) is 66.4 Å². The van der Waals surface area contributed by atoms with Gasteiger partial charge in [0.05, 0.1) is 79.1 Å². The van der Waals surface area contributed by atoms with Gasteiger partial charge in [0.1, 0.15) is 0 Å². The van der Waals surface area contributed by atoms with Crippen molar-refractivity contribution in [2.45, 2.75) is 33.2 Å². The van der Waals surface area contributed by atoms with E-state index in [1.165, 1.54) is 18.0 Å². The van der Waals surface area contributed by atoms with Gasteiger partial charge in [0.15, 0.2) is 5.69 Å². The first-order valence-corrected chi connectivity index (χ1v) is 12.5. The Labute approximate surface area is 229 Å². The molecule has 1 atom stereocenters. The largest absolute Gasteiger partial charge is 0.466 e. The van der Waals surface area contributed by atoms with Crippen LogP contribution in [0, 0.1) is 0 Å². The van der Waals surface area contributed by atoms with Crippen molar-refractivity contribution in [2.24, 2.45) is 0 Å². The van der Waals surface area contributed by atoms with E-state index in [-0.39, 0.29) is 59.9 Å². The highest BCUT2D eigenvalue weighted by atomic mass is 35.5. The predicted octanol–water partition coefficient (Wildman–Crippen LogP) is 3.43. The lowest BCUT2D eigenvalue weighted by Crippen LogP contribution is -2.35. The summed E-state index contributed by atoms with van der Waals surface area (Å²) in [7, 11) is 1.25. The Hall–Kier alpha value is -3.41. The average molecular weight is 567 g/mol. The first-order chi connectivity index (χ1) is 18.2. The Kier molecular flexibility index (Phi) is 10.3. The summed E-state index contributed by atoms with van der Waals surface area (Å²) in [6.45, 7) is 5.63. The highest BCUT2D eigenvalue weighted by Crippen LogP contribution is 2.43. The van der Waals surface area contributed by atoms with E-state index >= 15 is 0 Å². The molecule has 1 aliphatic heterocycles. The molecule has 13 heteroatoms. The first kappa shape index (κ1) is 29.2. The summed E-state index contributed by atoms with van der Waals surface area (Å²) in [5, 5.41) is 11.2. The first-order valence-electron chi connectivity index (χ1n) is 11.8. The molecule has 0 saturated carbocycles. The molecule has 0 aliphatic carbocycles. The summed E-state index contributed by atoms with van der Waals surface area (Å²) in [6.07, 6.45) is 1.31. The summed E-state index contributed by atoms with van der Waals surface area (Å²) in [5.74, 6) is -2.78. The molecule has 0 fully saturated rings. The van der Waals surface area contributed by atoms with Crippen molar-refractivity contribution < 1.29 is 33.3 Å². The SMILES string of the molecule is CCOC(=O)C1=C(COCCn2nncc2C(=O)OCC)NC(C)=C(C(=O)OC)C1c1cccc(Cl)c1Cl. The van der Waals surface area contributed by atoms with Gasteiger partial charge >= 0.3 is 17.9 Å². The molecule has 1 unspecified atom stereocenters. The van der Waals surface area contributed by atoms with E-state index in [2.05, 4.69) is 15.6 Å². The van der Waals surface area contributed by atoms with E-state index in [1.807, 2.05) is 0 Å². The Morgan fingerprint density at radius 1 is 1.05 bits per heavy atom. The number of aromatic nitrogens is 3. The van der Waals surface area contributed by atoms with Gasteiger partial charge in [-0.25, -0.2) is 19.1 Å². The van der Waals surface area contributed by atoms with E-state index in [4.69, 9.17) is 42.1 Å². The number of nitrogens with zero attached hydrogens (tertiary/aromatic N) is 3. The maximum Gasteiger partial charge on any atom is 0.358 e. The van der Waals surface area contributed by atoms with Crippen molar-refractivity contribution in [3.63, 3.8) is 0 Å². The van der Waals surface area contributed by atoms with E-state index in [1.54, 1.807) is 39.0 Å². The molecule has 2 heterocycles. The number of carbonyl (C=O) groups is 3. The summed E-state index contributed by atoms with van der Waals surface area (Å²) in [4.78, 5) is 38.2. The lowest BCUT2D eigenvalue weighted by Gasteiger charge is -2.31. The summed E-state index contributed by atoms with van der Waals surface area (Å²) in [5.41, 5.74) is 1.77. The topological polar surface area (TPSA) is 131 Å². The number of allylic oxidation sites excluding steroid dienone is 1. The second-order valence-electron chi connectivity index (χ2n) is 7.96. The van der Waals surface area contributed by atoms with Crippen LogP contribution < -0.4 is 5.32 Å². The summed E-state index contributed by atoms with van der Waals surface area (Å²) >= 11 is 12.8. The molecule has 1 aliphatic rings. The van der Waals surface area contributed by atoms with E-state index in [0.717, 1.165) is 0 Å². The quantitative estimate of drug-likeness (QED) is 0.245. The second-order valence-corrected chi connectivity index (χ2v) is 8.74. The van der Waals surface area contributed by atoms with Gasteiger partial charge in [-0.1, -0.05) is 40.5 Å². The van der Waals surface area contributed by atoms with Gasteiger partial charge in [-0.2, -0.15) is 0 Å². The van der Waals surface area contributed by atoms with E-state index in [0.29, 0.717) is 17.0 Å². The number of rotatable bonds is 11. The fourth-order valence-electron chi connectivity index (χ4n) is 4.01. The van der Waals surface area contributed by atoms with Crippen LogP contribution in [0.4, 0.5) is 0 Å². The average Bonchev–Trinajstić information content (AvgIpc) is 3.36. The van der Waals surface area contributed by atoms with E-state index < -0.39 is 23.8 Å². The van der Waals surface area contributed by atoms with Gasteiger partial charge in [0, 0.05) is 5.70 Å². The number of dihydropyridines is 1. The molecule has 204 valence electrons. The van der Waals surface area contributed by atoms with Crippen LogP contribution in [0.1, 0.15) is 42.7 Å². The molecule has 1 N–H and O–H groups in total. The number of ether oxygens (including phenoxy) is 4. The van der Waals surface area contributed by atoms with E-state index in [9.17, 15) is 14.4 Å². The molecule has 0 spiro atoms. The van der Waals surface area contributed by atoms with Gasteiger partial charge < -0.3 is 24.3 Å². The van der Waals surface area contributed by atoms with Gasteiger partial charge in [0.25, 0.3) is 0 Å². The highest BCUT2D eigenvalue weighted by Gasteiger charge is 2.40. The van der Waals surface area contributed by atoms with Gasteiger partial charge in [-0.05, 0) is 32.4 Å². The molecule has 0 bridgehead atoms. The third-order valence-corrected chi connectivity index (χ3v) is 6.47. The van der Waals surface area contributed by atoms with Crippen LogP contribution in [0.2, 0.25) is 10.0 Å². The normalized spacial score (nSPS) is 15.3. The highest BCUT2D eigenvalue weighted by molar-refractivity contribution is 6.42. The molecule has 1 aromatic carbocycles. The Morgan fingerprint density at radius 3 is 2.45 bits per heavy atom. The van der Waals surface area contributed by atoms with Crippen LogP contribution in [0.5, 0.6) is 0 Å².